The van der Waals surface area contributed by atoms with Crippen molar-refractivity contribution in [2.45, 2.75) is 0 Å². The van der Waals surface area contributed by atoms with Crippen molar-refractivity contribution in [3.8, 4) is 5.75 Å². The van der Waals surface area contributed by atoms with E-state index in [1.807, 2.05) is 12.1 Å². The molecule has 2 aromatic carbocycles. The number of phenolic OH excluding ortho intramolecular Hbond substituents is 1. The van der Waals surface area contributed by atoms with E-state index in [-0.39, 0.29) is 22.6 Å². The van der Waals surface area contributed by atoms with Crippen LogP contribution in [0.25, 0.3) is 11.0 Å². The molecule has 1 amide bonds. The number of carbonyl (C=O) groups excluding carboxylic acids is 1. The van der Waals surface area contributed by atoms with Gasteiger partial charge in [0.2, 0.25) is 0 Å². The largest absolute Gasteiger partial charge is 0.508 e. The summed E-state index contributed by atoms with van der Waals surface area (Å²) >= 11 is 6.03. The highest BCUT2D eigenvalue weighted by atomic mass is 35.5. The third kappa shape index (κ3) is 2.78. The van der Waals surface area contributed by atoms with E-state index in [9.17, 15) is 9.90 Å². The standard InChI is InChI=1S/C15H10ClN3O2/c16-13-14(18-12-4-2-1-3-11(12)17-13)19-15(21)9-5-7-10(20)8-6-9/h1-8,20H,(H,18,19,21). The summed E-state index contributed by atoms with van der Waals surface area (Å²) in [6.45, 7) is 0. The van der Waals surface area contributed by atoms with Gasteiger partial charge in [0.05, 0.1) is 11.0 Å². The van der Waals surface area contributed by atoms with Gasteiger partial charge in [-0.15, -0.1) is 0 Å². The van der Waals surface area contributed by atoms with Gasteiger partial charge in [-0.2, -0.15) is 0 Å². The maximum atomic E-state index is 12.1. The number of carbonyl (C=O) groups is 1. The summed E-state index contributed by atoms with van der Waals surface area (Å²) in [6, 6.07) is 13.1. The maximum Gasteiger partial charge on any atom is 0.256 e. The number of hydrogen-bond acceptors (Lipinski definition) is 4. The van der Waals surface area contributed by atoms with Gasteiger partial charge in [0.1, 0.15) is 5.75 Å². The fourth-order valence-electron chi connectivity index (χ4n) is 1.85. The molecule has 0 aliphatic heterocycles. The first kappa shape index (κ1) is 13.3. The predicted molar refractivity (Wildman–Crippen MR) is 80.6 cm³/mol. The Morgan fingerprint density at radius 1 is 1.00 bits per heavy atom. The second-order valence-corrected chi connectivity index (χ2v) is 4.71. The summed E-state index contributed by atoms with van der Waals surface area (Å²) in [4.78, 5) is 20.6. The van der Waals surface area contributed by atoms with Crippen molar-refractivity contribution in [2.75, 3.05) is 5.32 Å². The molecule has 1 aromatic heterocycles. The average molecular weight is 300 g/mol. The Kier molecular flexibility index (Phi) is 3.41. The monoisotopic (exact) mass is 299 g/mol. The number of benzene rings is 2. The highest BCUT2D eigenvalue weighted by Crippen LogP contribution is 2.21. The lowest BCUT2D eigenvalue weighted by Crippen LogP contribution is -2.13. The van der Waals surface area contributed by atoms with Crippen LogP contribution in [0, 0.1) is 0 Å². The quantitative estimate of drug-likeness (QED) is 0.761. The number of anilines is 1. The summed E-state index contributed by atoms with van der Waals surface area (Å²) < 4.78 is 0. The van der Waals surface area contributed by atoms with Gasteiger partial charge < -0.3 is 10.4 Å². The minimum atomic E-state index is -0.374. The van der Waals surface area contributed by atoms with Crippen molar-refractivity contribution in [1.82, 2.24) is 9.97 Å². The van der Waals surface area contributed by atoms with Crippen LogP contribution in [-0.4, -0.2) is 21.0 Å². The minimum absolute atomic E-state index is 0.0927. The molecule has 0 bridgehead atoms. The van der Waals surface area contributed by atoms with E-state index in [2.05, 4.69) is 15.3 Å². The van der Waals surface area contributed by atoms with E-state index < -0.39 is 0 Å². The lowest BCUT2D eigenvalue weighted by molar-refractivity contribution is 0.102. The topological polar surface area (TPSA) is 75.1 Å². The summed E-state index contributed by atoms with van der Waals surface area (Å²) in [6.07, 6.45) is 0. The second-order valence-electron chi connectivity index (χ2n) is 4.35. The Hall–Kier alpha value is -2.66. The van der Waals surface area contributed by atoms with E-state index >= 15 is 0 Å². The highest BCUT2D eigenvalue weighted by molar-refractivity contribution is 6.32. The van der Waals surface area contributed by atoms with Crippen molar-refractivity contribution in [3.63, 3.8) is 0 Å². The van der Waals surface area contributed by atoms with Gasteiger partial charge in [0.25, 0.3) is 5.91 Å². The van der Waals surface area contributed by atoms with Gasteiger partial charge in [-0.05, 0) is 36.4 Å². The van der Waals surface area contributed by atoms with E-state index in [0.29, 0.717) is 16.6 Å². The van der Waals surface area contributed by atoms with Crippen LogP contribution in [-0.2, 0) is 0 Å². The summed E-state index contributed by atoms with van der Waals surface area (Å²) in [5, 5.41) is 12.0. The number of para-hydroxylation sites is 2. The number of nitrogens with zero attached hydrogens (tertiary/aromatic N) is 2. The van der Waals surface area contributed by atoms with Crippen LogP contribution in [0.3, 0.4) is 0 Å². The molecule has 1 heterocycles. The van der Waals surface area contributed by atoms with E-state index in [4.69, 9.17) is 11.6 Å². The first-order valence-corrected chi connectivity index (χ1v) is 6.54. The molecule has 0 fully saturated rings. The van der Waals surface area contributed by atoms with Crippen LogP contribution in [0.1, 0.15) is 10.4 Å². The van der Waals surface area contributed by atoms with Crippen LogP contribution in [0.15, 0.2) is 48.5 Å². The zero-order valence-corrected chi connectivity index (χ0v) is 11.5. The molecule has 5 nitrogen and oxygen atoms in total. The predicted octanol–water partition coefficient (Wildman–Crippen LogP) is 3.24. The highest BCUT2D eigenvalue weighted by Gasteiger charge is 2.11. The molecule has 2 N–H and O–H groups in total. The van der Waals surface area contributed by atoms with Crippen LogP contribution in [0.4, 0.5) is 5.82 Å². The number of aromatic hydroxyl groups is 1. The minimum Gasteiger partial charge on any atom is -0.508 e. The molecule has 6 heteroatoms. The lowest BCUT2D eigenvalue weighted by Gasteiger charge is -2.07. The zero-order chi connectivity index (χ0) is 14.8. The molecule has 0 saturated heterocycles. The Morgan fingerprint density at radius 2 is 1.62 bits per heavy atom. The summed E-state index contributed by atoms with van der Waals surface area (Å²) in [5.74, 6) is -0.0787. The van der Waals surface area contributed by atoms with Crippen LogP contribution in [0.2, 0.25) is 5.15 Å². The Balaban J connectivity index is 1.92. The first-order valence-electron chi connectivity index (χ1n) is 6.16. The van der Waals surface area contributed by atoms with Gasteiger partial charge in [-0.25, -0.2) is 9.97 Å². The van der Waals surface area contributed by atoms with Gasteiger partial charge in [0, 0.05) is 5.56 Å². The van der Waals surface area contributed by atoms with Gasteiger partial charge in [0.15, 0.2) is 11.0 Å². The zero-order valence-electron chi connectivity index (χ0n) is 10.7. The fourth-order valence-corrected chi connectivity index (χ4v) is 2.03. The van der Waals surface area contributed by atoms with E-state index in [1.165, 1.54) is 24.3 Å². The average Bonchev–Trinajstić information content (AvgIpc) is 2.48. The molecule has 0 spiro atoms. The van der Waals surface area contributed by atoms with Crippen LogP contribution >= 0.6 is 11.6 Å². The van der Waals surface area contributed by atoms with E-state index in [1.54, 1.807) is 12.1 Å². The number of nitrogens with one attached hydrogen (secondary N) is 1. The van der Waals surface area contributed by atoms with Crippen molar-refractivity contribution in [2.24, 2.45) is 0 Å². The number of rotatable bonds is 2. The van der Waals surface area contributed by atoms with Crippen molar-refractivity contribution in [3.05, 3.63) is 59.2 Å². The van der Waals surface area contributed by atoms with Crippen molar-refractivity contribution in [1.29, 1.82) is 0 Å². The molecular weight excluding hydrogens is 290 g/mol. The van der Waals surface area contributed by atoms with Gasteiger partial charge in [-0.1, -0.05) is 23.7 Å². The summed E-state index contributed by atoms with van der Waals surface area (Å²) in [5.41, 5.74) is 1.69. The molecule has 3 aromatic rings. The smallest absolute Gasteiger partial charge is 0.256 e. The number of fused-ring (bicyclic) bond motifs is 1. The third-order valence-corrected chi connectivity index (χ3v) is 3.15. The third-order valence-electron chi connectivity index (χ3n) is 2.89. The van der Waals surface area contributed by atoms with Crippen LogP contribution < -0.4 is 5.32 Å². The molecule has 0 radical (unpaired) electrons. The molecule has 0 aliphatic carbocycles. The van der Waals surface area contributed by atoms with Crippen molar-refractivity contribution < 1.29 is 9.90 Å². The van der Waals surface area contributed by atoms with Gasteiger partial charge in [-0.3, -0.25) is 4.79 Å². The Bertz CT molecular complexity index is 819. The molecule has 21 heavy (non-hydrogen) atoms. The Labute approximate surface area is 125 Å². The lowest BCUT2D eigenvalue weighted by atomic mass is 10.2. The van der Waals surface area contributed by atoms with Crippen LogP contribution in [0.5, 0.6) is 5.75 Å². The number of amides is 1. The Morgan fingerprint density at radius 3 is 2.29 bits per heavy atom. The SMILES string of the molecule is O=C(Nc1nc2ccccc2nc1Cl)c1ccc(O)cc1. The van der Waals surface area contributed by atoms with Gasteiger partial charge >= 0.3 is 0 Å². The normalized spacial score (nSPS) is 10.5. The first-order chi connectivity index (χ1) is 10.1. The molecule has 104 valence electrons. The maximum absolute atomic E-state index is 12.1. The molecule has 0 aliphatic rings. The molecule has 0 unspecified atom stereocenters. The van der Waals surface area contributed by atoms with E-state index in [0.717, 1.165) is 0 Å². The number of aromatic nitrogens is 2. The molecule has 0 atom stereocenters. The van der Waals surface area contributed by atoms with Crippen molar-refractivity contribution >= 4 is 34.4 Å². The number of phenols is 1. The summed E-state index contributed by atoms with van der Waals surface area (Å²) in [7, 11) is 0. The number of halogens is 1. The fraction of sp³-hybridized carbons (Fsp3) is 0. The molecular formula is C15H10ClN3O2. The molecule has 0 saturated carbocycles. The molecule has 3 rings (SSSR count). The second kappa shape index (κ2) is 5.38. The number of hydrogen-bond donors (Lipinski definition) is 2.